The van der Waals surface area contributed by atoms with E-state index in [0.29, 0.717) is 5.75 Å². The first-order chi connectivity index (χ1) is 11.6. The van der Waals surface area contributed by atoms with Crippen LogP contribution in [0.1, 0.15) is 0 Å². The SMILES string of the molecule is COc1ccc(OCCNC(=O)C(=O)Nc2ccccc2O)cc1. The molecular formula is C17H18N2O5. The molecule has 2 amide bonds. The van der Waals surface area contributed by atoms with Crippen LogP contribution in [0.4, 0.5) is 5.69 Å². The second-order valence-corrected chi connectivity index (χ2v) is 4.75. The van der Waals surface area contributed by atoms with Crippen LogP contribution in [-0.4, -0.2) is 37.2 Å². The van der Waals surface area contributed by atoms with Crippen LogP contribution in [0.3, 0.4) is 0 Å². The zero-order valence-electron chi connectivity index (χ0n) is 13.1. The fourth-order valence-corrected chi connectivity index (χ4v) is 1.84. The highest BCUT2D eigenvalue weighted by atomic mass is 16.5. The molecule has 2 rings (SSSR count). The van der Waals surface area contributed by atoms with Gasteiger partial charge in [0.05, 0.1) is 19.3 Å². The molecule has 0 aliphatic heterocycles. The van der Waals surface area contributed by atoms with Crippen molar-refractivity contribution in [1.29, 1.82) is 0 Å². The summed E-state index contributed by atoms with van der Waals surface area (Å²) in [5, 5.41) is 14.3. The zero-order valence-corrected chi connectivity index (χ0v) is 13.1. The largest absolute Gasteiger partial charge is 0.506 e. The van der Waals surface area contributed by atoms with Crippen molar-refractivity contribution in [3.05, 3.63) is 48.5 Å². The molecule has 0 aliphatic carbocycles. The number of aromatic hydroxyl groups is 1. The molecule has 0 atom stereocenters. The third kappa shape index (κ3) is 4.91. The Morgan fingerprint density at radius 1 is 1.00 bits per heavy atom. The number of para-hydroxylation sites is 2. The zero-order chi connectivity index (χ0) is 17.4. The number of hydrogen-bond acceptors (Lipinski definition) is 5. The van der Waals surface area contributed by atoms with Crippen molar-refractivity contribution >= 4 is 17.5 Å². The van der Waals surface area contributed by atoms with Crippen LogP contribution < -0.4 is 20.1 Å². The minimum absolute atomic E-state index is 0.110. The average Bonchev–Trinajstić information content (AvgIpc) is 2.61. The Morgan fingerprint density at radius 2 is 1.67 bits per heavy atom. The van der Waals surface area contributed by atoms with E-state index in [4.69, 9.17) is 9.47 Å². The normalized spacial score (nSPS) is 9.88. The molecule has 0 aliphatic rings. The minimum atomic E-state index is -0.860. The third-order valence-electron chi connectivity index (χ3n) is 3.07. The van der Waals surface area contributed by atoms with Crippen LogP contribution in [0.5, 0.6) is 17.2 Å². The summed E-state index contributed by atoms with van der Waals surface area (Å²) in [5.41, 5.74) is 0.173. The van der Waals surface area contributed by atoms with Gasteiger partial charge in [-0.05, 0) is 36.4 Å². The summed E-state index contributed by atoms with van der Waals surface area (Å²) >= 11 is 0. The molecule has 126 valence electrons. The van der Waals surface area contributed by atoms with Crippen LogP contribution in [0, 0.1) is 0 Å². The minimum Gasteiger partial charge on any atom is -0.506 e. The van der Waals surface area contributed by atoms with Crippen LogP contribution in [0.25, 0.3) is 0 Å². The van der Waals surface area contributed by atoms with Crippen LogP contribution >= 0.6 is 0 Å². The van der Waals surface area contributed by atoms with E-state index in [1.165, 1.54) is 12.1 Å². The monoisotopic (exact) mass is 330 g/mol. The van der Waals surface area contributed by atoms with Gasteiger partial charge in [-0.1, -0.05) is 12.1 Å². The molecule has 0 heterocycles. The van der Waals surface area contributed by atoms with Gasteiger partial charge in [0.15, 0.2) is 0 Å². The number of phenols is 1. The summed E-state index contributed by atoms with van der Waals surface area (Å²) < 4.78 is 10.5. The van der Waals surface area contributed by atoms with Gasteiger partial charge in [-0.25, -0.2) is 0 Å². The van der Waals surface area contributed by atoms with Crippen molar-refractivity contribution in [2.24, 2.45) is 0 Å². The fourth-order valence-electron chi connectivity index (χ4n) is 1.84. The van der Waals surface area contributed by atoms with Crippen molar-refractivity contribution in [1.82, 2.24) is 5.32 Å². The summed E-state index contributed by atoms with van der Waals surface area (Å²) in [4.78, 5) is 23.4. The molecule has 0 aromatic heterocycles. The number of phenolic OH excluding ortho intramolecular Hbond substituents is 1. The summed E-state index contributed by atoms with van der Waals surface area (Å²) in [5.74, 6) is -0.431. The fraction of sp³-hybridized carbons (Fsp3) is 0.176. The van der Waals surface area contributed by atoms with Gasteiger partial charge in [0.2, 0.25) is 0 Å². The van der Waals surface area contributed by atoms with Crippen LogP contribution in [0.15, 0.2) is 48.5 Å². The van der Waals surface area contributed by atoms with E-state index in [-0.39, 0.29) is 24.6 Å². The van der Waals surface area contributed by atoms with E-state index in [0.717, 1.165) is 5.75 Å². The van der Waals surface area contributed by atoms with Gasteiger partial charge in [0, 0.05) is 0 Å². The second kappa shape index (κ2) is 8.42. The number of ether oxygens (including phenoxy) is 2. The molecule has 7 nitrogen and oxygen atoms in total. The van der Waals surface area contributed by atoms with Crippen LogP contribution in [0.2, 0.25) is 0 Å². The molecule has 0 fully saturated rings. The standard InChI is InChI=1S/C17H18N2O5/c1-23-12-6-8-13(9-7-12)24-11-10-18-16(21)17(22)19-14-4-2-3-5-15(14)20/h2-9,20H,10-11H2,1H3,(H,18,21)(H,19,22). The van der Waals surface area contributed by atoms with Gasteiger partial charge < -0.3 is 25.2 Å². The Kier molecular flexibility index (Phi) is 6.01. The maximum atomic E-state index is 11.7. The number of hydrogen-bond donors (Lipinski definition) is 3. The first-order valence-corrected chi connectivity index (χ1v) is 7.24. The topological polar surface area (TPSA) is 96.9 Å². The van der Waals surface area contributed by atoms with Crippen molar-refractivity contribution in [3.8, 4) is 17.2 Å². The highest BCUT2D eigenvalue weighted by molar-refractivity contribution is 6.39. The number of methoxy groups -OCH3 is 1. The third-order valence-corrected chi connectivity index (χ3v) is 3.07. The van der Waals surface area contributed by atoms with Gasteiger partial charge >= 0.3 is 11.8 Å². The van der Waals surface area contributed by atoms with Crippen molar-refractivity contribution in [2.75, 3.05) is 25.6 Å². The molecule has 0 unspecified atom stereocenters. The Balaban J connectivity index is 1.72. The summed E-state index contributed by atoms with van der Waals surface area (Å²) in [6.07, 6.45) is 0. The highest BCUT2D eigenvalue weighted by Gasteiger charge is 2.14. The quantitative estimate of drug-likeness (QED) is 0.424. The molecule has 3 N–H and O–H groups in total. The predicted molar refractivity (Wildman–Crippen MR) is 88.2 cm³/mol. The number of benzene rings is 2. The Morgan fingerprint density at radius 3 is 2.33 bits per heavy atom. The number of carbonyl (C=O) groups is 2. The lowest BCUT2D eigenvalue weighted by Crippen LogP contribution is -2.37. The van der Waals surface area contributed by atoms with Crippen molar-refractivity contribution in [3.63, 3.8) is 0 Å². The number of nitrogens with one attached hydrogen (secondary N) is 2. The van der Waals surface area contributed by atoms with E-state index in [1.807, 2.05) is 0 Å². The predicted octanol–water partition coefficient (Wildman–Crippen LogP) is 1.53. The van der Waals surface area contributed by atoms with Gasteiger partial charge in [-0.2, -0.15) is 0 Å². The molecule has 0 spiro atoms. The lowest BCUT2D eigenvalue weighted by atomic mass is 10.3. The number of anilines is 1. The first kappa shape index (κ1) is 17.1. The number of carbonyl (C=O) groups excluding carboxylic acids is 2. The lowest BCUT2D eigenvalue weighted by Gasteiger charge is -2.09. The summed E-state index contributed by atoms with van der Waals surface area (Å²) in [6, 6.07) is 13.2. The molecular weight excluding hydrogens is 312 g/mol. The Bertz CT molecular complexity index is 700. The molecule has 2 aromatic carbocycles. The average molecular weight is 330 g/mol. The Labute approximate surface area is 139 Å². The van der Waals surface area contributed by atoms with E-state index in [2.05, 4.69) is 10.6 Å². The van der Waals surface area contributed by atoms with Gasteiger partial charge in [-0.3, -0.25) is 9.59 Å². The molecule has 7 heteroatoms. The highest BCUT2D eigenvalue weighted by Crippen LogP contribution is 2.21. The molecule has 24 heavy (non-hydrogen) atoms. The smallest absolute Gasteiger partial charge is 0.313 e. The lowest BCUT2D eigenvalue weighted by molar-refractivity contribution is -0.136. The van der Waals surface area contributed by atoms with Gasteiger partial charge in [0.25, 0.3) is 0 Å². The van der Waals surface area contributed by atoms with Gasteiger partial charge in [0.1, 0.15) is 23.9 Å². The van der Waals surface area contributed by atoms with E-state index >= 15 is 0 Å². The van der Waals surface area contributed by atoms with E-state index in [9.17, 15) is 14.7 Å². The number of amides is 2. The van der Waals surface area contributed by atoms with Gasteiger partial charge in [-0.15, -0.1) is 0 Å². The van der Waals surface area contributed by atoms with Crippen molar-refractivity contribution < 1.29 is 24.2 Å². The molecule has 0 bridgehead atoms. The van der Waals surface area contributed by atoms with E-state index < -0.39 is 11.8 Å². The maximum Gasteiger partial charge on any atom is 0.313 e. The van der Waals surface area contributed by atoms with Crippen molar-refractivity contribution in [2.45, 2.75) is 0 Å². The van der Waals surface area contributed by atoms with E-state index in [1.54, 1.807) is 43.5 Å². The first-order valence-electron chi connectivity index (χ1n) is 7.24. The summed E-state index contributed by atoms with van der Waals surface area (Å²) in [7, 11) is 1.58. The number of rotatable bonds is 6. The molecule has 0 saturated carbocycles. The molecule has 0 saturated heterocycles. The second-order valence-electron chi connectivity index (χ2n) is 4.75. The Hall–Kier alpha value is -3.22. The molecule has 0 radical (unpaired) electrons. The maximum absolute atomic E-state index is 11.7. The van der Waals surface area contributed by atoms with Crippen LogP contribution in [-0.2, 0) is 9.59 Å². The molecule has 2 aromatic rings. The summed E-state index contributed by atoms with van der Waals surface area (Å²) in [6.45, 7) is 0.376.